The van der Waals surface area contributed by atoms with Gasteiger partial charge in [0.25, 0.3) is 11.8 Å². The van der Waals surface area contributed by atoms with Crippen LogP contribution in [0.25, 0.3) is 0 Å². The van der Waals surface area contributed by atoms with Gasteiger partial charge in [0.15, 0.2) is 0 Å². The van der Waals surface area contributed by atoms with Crippen molar-refractivity contribution in [1.82, 2.24) is 20.4 Å². The monoisotopic (exact) mass is 406 g/mol. The first-order valence-electron chi connectivity index (χ1n) is 9.90. The molecule has 2 saturated heterocycles. The molecule has 29 heavy (non-hydrogen) atoms. The van der Waals surface area contributed by atoms with Crippen LogP contribution in [0.2, 0.25) is 0 Å². The number of nitrogens with zero attached hydrogens (tertiary/aromatic N) is 2. The minimum atomic E-state index is -2.78. The van der Waals surface area contributed by atoms with Gasteiger partial charge in [0.1, 0.15) is 6.04 Å². The molecule has 0 aliphatic carbocycles. The molecule has 3 aliphatic rings. The summed E-state index contributed by atoms with van der Waals surface area (Å²) < 4.78 is 27.9. The Bertz CT molecular complexity index is 845. The summed E-state index contributed by atoms with van der Waals surface area (Å²) in [5, 5.41) is 5.05. The van der Waals surface area contributed by atoms with Crippen LogP contribution < -0.4 is 10.6 Å². The van der Waals surface area contributed by atoms with Gasteiger partial charge in [-0.2, -0.15) is 0 Å². The van der Waals surface area contributed by atoms with Crippen molar-refractivity contribution in [3.63, 3.8) is 0 Å². The van der Waals surface area contributed by atoms with Crippen molar-refractivity contribution in [3.05, 3.63) is 34.9 Å². The van der Waals surface area contributed by atoms with Gasteiger partial charge in [-0.3, -0.25) is 24.6 Å². The highest BCUT2D eigenvalue weighted by molar-refractivity contribution is 6.05. The first-order chi connectivity index (χ1) is 13.8. The molecule has 1 aromatic rings. The number of alkyl halides is 2. The predicted molar refractivity (Wildman–Crippen MR) is 100 cm³/mol. The fourth-order valence-electron chi connectivity index (χ4n) is 4.28. The van der Waals surface area contributed by atoms with Crippen LogP contribution in [0.1, 0.15) is 40.7 Å². The van der Waals surface area contributed by atoms with Crippen LogP contribution in [-0.4, -0.2) is 65.7 Å². The standard InChI is InChI=1S/C20H24F2N4O3/c21-20(22)11-23-6-1-7-25(12-20)9-13-2-3-15-14(8-13)10-26(19(15)29)16-4-5-17(27)24-18(16)28/h2-3,8,16,23H,1,4-7,9-12H2,(H,24,27,28). The van der Waals surface area contributed by atoms with E-state index in [1.807, 2.05) is 6.07 Å². The highest BCUT2D eigenvalue weighted by Gasteiger charge is 2.39. The summed E-state index contributed by atoms with van der Waals surface area (Å²) in [6.45, 7) is 1.18. The summed E-state index contributed by atoms with van der Waals surface area (Å²) in [4.78, 5) is 39.5. The zero-order chi connectivity index (χ0) is 20.6. The van der Waals surface area contributed by atoms with Crippen molar-refractivity contribution < 1.29 is 23.2 Å². The fourth-order valence-corrected chi connectivity index (χ4v) is 4.28. The van der Waals surface area contributed by atoms with Crippen LogP contribution in [0, 0.1) is 0 Å². The molecule has 7 nitrogen and oxygen atoms in total. The Morgan fingerprint density at radius 3 is 2.83 bits per heavy atom. The van der Waals surface area contributed by atoms with E-state index in [4.69, 9.17) is 0 Å². The molecule has 3 aliphatic heterocycles. The van der Waals surface area contributed by atoms with E-state index >= 15 is 0 Å². The van der Waals surface area contributed by atoms with Crippen LogP contribution >= 0.6 is 0 Å². The second-order valence-corrected chi connectivity index (χ2v) is 7.99. The number of carbonyl (C=O) groups is 3. The first-order valence-corrected chi connectivity index (χ1v) is 9.90. The lowest BCUT2D eigenvalue weighted by molar-refractivity contribution is -0.136. The number of carbonyl (C=O) groups excluding carboxylic acids is 3. The average Bonchev–Trinajstić information content (AvgIpc) is 2.95. The number of rotatable bonds is 3. The topological polar surface area (TPSA) is 81.8 Å². The van der Waals surface area contributed by atoms with Crippen molar-refractivity contribution >= 4 is 17.7 Å². The third-order valence-electron chi connectivity index (χ3n) is 5.66. The molecular weight excluding hydrogens is 382 g/mol. The number of imide groups is 1. The Morgan fingerprint density at radius 1 is 1.21 bits per heavy atom. The van der Waals surface area contributed by atoms with Gasteiger partial charge in [-0.25, -0.2) is 8.78 Å². The number of amides is 3. The average molecular weight is 406 g/mol. The van der Waals surface area contributed by atoms with E-state index in [0.29, 0.717) is 31.6 Å². The molecule has 0 bridgehead atoms. The Balaban J connectivity index is 1.47. The largest absolute Gasteiger partial charge is 0.322 e. The van der Waals surface area contributed by atoms with E-state index in [1.54, 1.807) is 17.0 Å². The van der Waals surface area contributed by atoms with Crippen molar-refractivity contribution in [2.45, 2.75) is 44.3 Å². The van der Waals surface area contributed by atoms with Crippen molar-refractivity contribution in [2.24, 2.45) is 0 Å². The third-order valence-corrected chi connectivity index (χ3v) is 5.66. The molecule has 0 radical (unpaired) electrons. The molecule has 3 heterocycles. The third kappa shape index (κ3) is 4.30. The molecule has 1 unspecified atom stereocenters. The van der Waals surface area contributed by atoms with Gasteiger partial charge in [-0.15, -0.1) is 0 Å². The molecule has 4 rings (SSSR count). The van der Waals surface area contributed by atoms with Gasteiger partial charge in [-0.05, 0) is 43.1 Å². The molecule has 2 fully saturated rings. The maximum absolute atomic E-state index is 14.0. The molecule has 9 heteroatoms. The normalized spacial score (nSPS) is 25.4. The van der Waals surface area contributed by atoms with Crippen LogP contribution in [0.5, 0.6) is 0 Å². The Labute approximate surface area is 167 Å². The number of fused-ring (bicyclic) bond motifs is 1. The smallest absolute Gasteiger partial charge is 0.272 e. The molecule has 0 saturated carbocycles. The molecule has 1 atom stereocenters. The van der Waals surface area contributed by atoms with Gasteiger partial charge in [0.2, 0.25) is 11.8 Å². The molecule has 3 amide bonds. The lowest BCUT2D eigenvalue weighted by Gasteiger charge is -2.30. The first kappa shape index (κ1) is 19.9. The van der Waals surface area contributed by atoms with E-state index in [2.05, 4.69) is 10.6 Å². The van der Waals surface area contributed by atoms with Crippen molar-refractivity contribution in [1.29, 1.82) is 0 Å². The maximum Gasteiger partial charge on any atom is 0.272 e. The number of nitrogens with one attached hydrogen (secondary N) is 2. The molecule has 2 N–H and O–H groups in total. The van der Waals surface area contributed by atoms with Crippen LogP contribution in [0.3, 0.4) is 0 Å². The Morgan fingerprint density at radius 2 is 2.03 bits per heavy atom. The lowest BCUT2D eigenvalue weighted by Crippen LogP contribution is -2.52. The van der Waals surface area contributed by atoms with Crippen molar-refractivity contribution in [2.75, 3.05) is 26.2 Å². The highest BCUT2D eigenvalue weighted by atomic mass is 19.3. The number of halogens is 2. The second-order valence-electron chi connectivity index (χ2n) is 7.99. The summed E-state index contributed by atoms with van der Waals surface area (Å²) in [6.07, 6.45) is 1.32. The summed E-state index contributed by atoms with van der Waals surface area (Å²) in [6, 6.07) is 4.72. The molecule has 0 aromatic heterocycles. The number of hydrogen-bond donors (Lipinski definition) is 2. The zero-order valence-electron chi connectivity index (χ0n) is 16.0. The zero-order valence-corrected chi connectivity index (χ0v) is 16.0. The summed E-state index contributed by atoms with van der Waals surface area (Å²) >= 11 is 0. The van der Waals surface area contributed by atoms with Crippen LogP contribution in [-0.2, 0) is 22.7 Å². The second kappa shape index (κ2) is 7.79. The van der Waals surface area contributed by atoms with Gasteiger partial charge in [0.05, 0.1) is 13.1 Å². The lowest BCUT2D eigenvalue weighted by atomic mass is 10.0. The van der Waals surface area contributed by atoms with E-state index < -0.39 is 17.9 Å². The number of benzene rings is 1. The summed E-state index contributed by atoms with van der Waals surface area (Å²) in [7, 11) is 0. The minimum absolute atomic E-state index is 0.208. The molecule has 1 aromatic carbocycles. The molecule has 156 valence electrons. The predicted octanol–water partition coefficient (Wildman–Crippen LogP) is 0.878. The summed E-state index contributed by atoms with van der Waals surface area (Å²) in [5.74, 6) is -3.78. The molecule has 0 spiro atoms. The van der Waals surface area contributed by atoms with Gasteiger partial charge in [0, 0.05) is 25.1 Å². The number of piperidine rings is 1. The Hall–Kier alpha value is -2.39. The van der Waals surface area contributed by atoms with Crippen LogP contribution in [0.4, 0.5) is 8.78 Å². The van der Waals surface area contributed by atoms with Gasteiger partial charge >= 0.3 is 0 Å². The summed E-state index contributed by atoms with van der Waals surface area (Å²) in [5.41, 5.74) is 2.18. The molecular formula is C20H24F2N4O3. The Kier molecular flexibility index (Phi) is 5.35. The highest BCUT2D eigenvalue weighted by Crippen LogP contribution is 2.29. The number of hydrogen-bond acceptors (Lipinski definition) is 5. The van der Waals surface area contributed by atoms with Crippen LogP contribution in [0.15, 0.2) is 18.2 Å². The minimum Gasteiger partial charge on any atom is -0.322 e. The SMILES string of the molecule is O=C1CCC(N2Cc3cc(CN4CCCNCC(F)(F)C4)ccc3C2=O)C(=O)N1. The van der Waals surface area contributed by atoms with E-state index in [1.165, 1.54) is 4.90 Å². The quantitative estimate of drug-likeness (QED) is 0.729. The van der Waals surface area contributed by atoms with Gasteiger partial charge < -0.3 is 10.2 Å². The van der Waals surface area contributed by atoms with Crippen molar-refractivity contribution in [3.8, 4) is 0 Å². The van der Waals surface area contributed by atoms with E-state index in [9.17, 15) is 23.2 Å². The maximum atomic E-state index is 14.0. The van der Waals surface area contributed by atoms with E-state index in [-0.39, 0.29) is 37.9 Å². The van der Waals surface area contributed by atoms with Gasteiger partial charge in [-0.1, -0.05) is 12.1 Å². The fraction of sp³-hybridized carbons (Fsp3) is 0.550. The van der Waals surface area contributed by atoms with E-state index in [0.717, 1.165) is 17.5 Å².